The summed E-state index contributed by atoms with van der Waals surface area (Å²) >= 11 is 1.55. The molecular formula is C20H27N3O4S2. The summed E-state index contributed by atoms with van der Waals surface area (Å²) in [6, 6.07) is 9.71. The lowest BCUT2D eigenvalue weighted by molar-refractivity contribution is 0.0365. The topological polar surface area (TPSA) is 79.0 Å². The summed E-state index contributed by atoms with van der Waals surface area (Å²) in [5, 5.41) is 1.95. The highest BCUT2D eigenvalue weighted by Gasteiger charge is 2.22. The zero-order chi connectivity index (χ0) is 20.7. The van der Waals surface area contributed by atoms with Crippen molar-refractivity contribution in [2.24, 2.45) is 0 Å². The van der Waals surface area contributed by atoms with Gasteiger partial charge in [0.15, 0.2) is 0 Å². The smallest absolute Gasteiger partial charge is 0.331 e. The molecule has 2 aromatic rings. The predicted octanol–water partition coefficient (Wildman–Crippen LogP) is 2.68. The number of urea groups is 1. The van der Waals surface area contributed by atoms with Gasteiger partial charge in [-0.25, -0.2) is 17.9 Å². The molecule has 1 fully saturated rings. The highest BCUT2D eigenvalue weighted by Crippen LogP contribution is 2.15. The van der Waals surface area contributed by atoms with Gasteiger partial charge in [-0.05, 0) is 36.9 Å². The number of benzene rings is 1. The number of rotatable bonds is 8. The zero-order valence-corrected chi connectivity index (χ0v) is 18.2. The third-order valence-corrected chi connectivity index (χ3v) is 6.97. The molecule has 0 aliphatic carbocycles. The number of aryl methyl sites for hydroxylation is 1. The van der Waals surface area contributed by atoms with Gasteiger partial charge in [-0.15, -0.1) is 11.3 Å². The summed E-state index contributed by atoms with van der Waals surface area (Å²) < 4.78 is 32.8. The molecule has 1 aromatic carbocycles. The van der Waals surface area contributed by atoms with E-state index < -0.39 is 16.1 Å². The summed E-state index contributed by atoms with van der Waals surface area (Å²) in [5.74, 6) is 0. The first-order valence-corrected chi connectivity index (χ1v) is 12.0. The van der Waals surface area contributed by atoms with Crippen molar-refractivity contribution in [1.82, 2.24) is 14.5 Å². The van der Waals surface area contributed by atoms with Crippen LogP contribution in [-0.2, 0) is 21.3 Å². The van der Waals surface area contributed by atoms with Gasteiger partial charge in [0.05, 0.1) is 24.7 Å². The minimum Gasteiger partial charge on any atom is -0.379 e. The molecule has 7 nitrogen and oxygen atoms in total. The maximum Gasteiger partial charge on any atom is 0.331 e. The molecule has 0 radical (unpaired) electrons. The number of nitrogens with one attached hydrogen (secondary N) is 1. The molecule has 0 saturated carbocycles. The van der Waals surface area contributed by atoms with Crippen molar-refractivity contribution in [3.8, 4) is 0 Å². The quantitative estimate of drug-likeness (QED) is 0.687. The first-order chi connectivity index (χ1) is 13.9. The lowest BCUT2D eigenvalue weighted by Gasteiger charge is -2.28. The average Bonchev–Trinajstić information content (AvgIpc) is 3.21. The Hall–Kier alpha value is -1.94. The minimum atomic E-state index is -3.91. The molecule has 0 atom stereocenters. The van der Waals surface area contributed by atoms with Crippen LogP contribution in [0.2, 0.25) is 0 Å². The number of hydrogen-bond donors (Lipinski definition) is 1. The van der Waals surface area contributed by atoms with Crippen molar-refractivity contribution in [2.45, 2.75) is 24.8 Å². The van der Waals surface area contributed by atoms with Gasteiger partial charge in [-0.1, -0.05) is 23.8 Å². The van der Waals surface area contributed by atoms with Crippen LogP contribution in [0.25, 0.3) is 0 Å². The zero-order valence-electron chi connectivity index (χ0n) is 16.5. The Labute approximate surface area is 176 Å². The highest BCUT2D eigenvalue weighted by atomic mass is 32.2. The average molecular weight is 438 g/mol. The standard InChI is InChI=1S/C20H27N3O4S2/c1-17-5-7-19(8-6-17)29(25,26)21-20(24)23(16-18-4-2-15-28-18)10-3-9-22-11-13-27-14-12-22/h2,4-8,15H,3,9-14,16H2,1H3,(H,21,24). The lowest BCUT2D eigenvalue weighted by atomic mass is 10.2. The van der Waals surface area contributed by atoms with Gasteiger partial charge in [0.1, 0.15) is 0 Å². The van der Waals surface area contributed by atoms with Crippen LogP contribution in [0.3, 0.4) is 0 Å². The number of ether oxygens (including phenoxy) is 1. The fourth-order valence-corrected chi connectivity index (χ4v) is 4.80. The van der Waals surface area contributed by atoms with E-state index >= 15 is 0 Å². The van der Waals surface area contributed by atoms with E-state index in [1.807, 2.05) is 24.4 Å². The van der Waals surface area contributed by atoms with Crippen molar-refractivity contribution in [1.29, 1.82) is 0 Å². The maximum atomic E-state index is 12.8. The first-order valence-electron chi connectivity index (χ1n) is 9.65. The lowest BCUT2D eigenvalue weighted by Crippen LogP contribution is -2.44. The summed E-state index contributed by atoms with van der Waals surface area (Å²) in [4.78, 5) is 17.8. The molecule has 2 amide bonds. The van der Waals surface area contributed by atoms with Crippen LogP contribution in [0.1, 0.15) is 16.9 Å². The van der Waals surface area contributed by atoms with Crippen LogP contribution in [0.4, 0.5) is 4.79 Å². The fourth-order valence-electron chi connectivity index (χ4n) is 3.11. The van der Waals surface area contributed by atoms with Crippen molar-refractivity contribution in [3.63, 3.8) is 0 Å². The second-order valence-electron chi connectivity index (χ2n) is 7.03. The van der Waals surface area contributed by atoms with Crippen molar-refractivity contribution in [3.05, 3.63) is 52.2 Å². The Morgan fingerprint density at radius 2 is 1.93 bits per heavy atom. The third kappa shape index (κ3) is 6.53. The van der Waals surface area contributed by atoms with E-state index in [9.17, 15) is 13.2 Å². The van der Waals surface area contributed by atoms with Gasteiger partial charge >= 0.3 is 6.03 Å². The second kappa shape index (κ2) is 10.2. The number of amides is 2. The minimum absolute atomic E-state index is 0.0841. The van der Waals surface area contributed by atoms with Gasteiger partial charge in [-0.3, -0.25) is 4.90 Å². The van der Waals surface area contributed by atoms with E-state index in [2.05, 4.69) is 9.62 Å². The number of hydrogen-bond acceptors (Lipinski definition) is 6. The van der Waals surface area contributed by atoms with E-state index in [4.69, 9.17) is 4.74 Å². The van der Waals surface area contributed by atoms with Gasteiger partial charge in [-0.2, -0.15) is 0 Å². The van der Waals surface area contributed by atoms with Gasteiger partial charge in [0, 0.05) is 31.1 Å². The van der Waals surface area contributed by atoms with Gasteiger partial charge in [0.25, 0.3) is 10.0 Å². The molecule has 2 heterocycles. The van der Waals surface area contributed by atoms with Crippen LogP contribution in [0, 0.1) is 6.92 Å². The normalized spacial score (nSPS) is 15.2. The molecule has 0 spiro atoms. The number of nitrogens with zero attached hydrogens (tertiary/aromatic N) is 2. The summed E-state index contributed by atoms with van der Waals surface area (Å²) in [6.07, 6.45) is 0.767. The van der Waals surface area contributed by atoms with E-state index in [-0.39, 0.29) is 4.90 Å². The van der Waals surface area contributed by atoms with E-state index in [0.717, 1.165) is 49.7 Å². The second-order valence-corrected chi connectivity index (χ2v) is 9.75. The predicted molar refractivity (Wildman–Crippen MR) is 114 cm³/mol. The van der Waals surface area contributed by atoms with Crippen molar-refractivity contribution in [2.75, 3.05) is 39.4 Å². The highest BCUT2D eigenvalue weighted by molar-refractivity contribution is 7.90. The Bertz CT molecular complexity index is 877. The number of carbonyl (C=O) groups is 1. The maximum absolute atomic E-state index is 12.8. The van der Waals surface area contributed by atoms with Crippen molar-refractivity contribution < 1.29 is 17.9 Å². The SMILES string of the molecule is Cc1ccc(S(=O)(=O)NC(=O)N(CCCN2CCOCC2)Cc2cccs2)cc1. The van der Waals surface area contributed by atoms with Crippen molar-refractivity contribution >= 4 is 27.4 Å². The summed E-state index contributed by atoms with van der Waals surface area (Å²) in [5.41, 5.74) is 0.956. The van der Waals surface area contributed by atoms with Crippen LogP contribution in [0.5, 0.6) is 0 Å². The number of thiophene rings is 1. The first kappa shape index (κ1) is 21.8. The molecule has 1 aliphatic rings. The molecule has 158 valence electrons. The third-order valence-electron chi connectivity index (χ3n) is 4.77. The number of sulfonamides is 1. The summed E-state index contributed by atoms with van der Waals surface area (Å²) in [6.45, 7) is 6.83. The Morgan fingerprint density at radius 1 is 1.21 bits per heavy atom. The Morgan fingerprint density at radius 3 is 2.59 bits per heavy atom. The molecule has 9 heteroatoms. The monoisotopic (exact) mass is 437 g/mol. The molecule has 0 bridgehead atoms. The van der Waals surface area contributed by atoms with E-state index in [1.165, 1.54) is 12.1 Å². The Kier molecular flexibility index (Phi) is 7.65. The summed E-state index contributed by atoms with van der Waals surface area (Å²) in [7, 11) is -3.91. The molecule has 0 unspecified atom stereocenters. The fraction of sp³-hybridized carbons (Fsp3) is 0.450. The molecule has 1 saturated heterocycles. The van der Waals surface area contributed by atoms with Crippen LogP contribution in [0.15, 0.2) is 46.7 Å². The van der Waals surface area contributed by atoms with Crippen LogP contribution >= 0.6 is 11.3 Å². The molecule has 1 N–H and O–H groups in total. The van der Waals surface area contributed by atoms with Gasteiger partial charge < -0.3 is 9.64 Å². The molecule has 1 aliphatic heterocycles. The van der Waals surface area contributed by atoms with Gasteiger partial charge in [0.2, 0.25) is 0 Å². The molecule has 3 rings (SSSR count). The largest absolute Gasteiger partial charge is 0.379 e. The Balaban J connectivity index is 1.63. The number of morpholine rings is 1. The van der Waals surface area contributed by atoms with E-state index in [0.29, 0.717) is 13.1 Å². The van der Waals surface area contributed by atoms with E-state index in [1.54, 1.807) is 28.4 Å². The van der Waals surface area contributed by atoms with Crippen LogP contribution in [-0.4, -0.2) is 63.6 Å². The molecular weight excluding hydrogens is 410 g/mol. The molecule has 29 heavy (non-hydrogen) atoms. The number of carbonyl (C=O) groups excluding carboxylic acids is 1. The van der Waals surface area contributed by atoms with Crippen LogP contribution < -0.4 is 4.72 Å². The molecule has 1 aromatic heterocycles.